The largest absolute Gasteiger partial charge is 0.478 e. The van der Waals surface area contributed by atoms with E-state index >= 15 is 0 Å². The molecular formula is C15H16ClN3O2. The molecule has 0 aliphatic carbocycles. The van der Waals surface area contributed by atoms with Gasteiger partial charge in [-0.3, -0.25) is 4.79 Å². The van der Waals surface area contributed by atoms with Crippen LogP contribution in [0.1, 0.15) is 6.92 Å². The van der Waals surface area contributed by atoms with Crippen molar-refractivity contribution in [3.63, 3.8) is 0 Å². The van der Waals surface area contributed by atoms with Gasteiger partial charge in [0.05, 0.1) is 25.0 Å². The summed E-state index contributed by atoms with van der Waals surface area (Å²) in [5, 5.41) is 6.32. The molecule has 1 amide bonds. The minimum atomic E-state index is -0.161. The number of ether oxygens (including phenoxy) is 1. The van der Waals surface area contributed by atoms with E-state index in [9.17, 15) is 4.79 Å². The van der Waals surface area contributed by atoms with Crippen LogP contribution in [0.4, 0.5) is 11.4 Å². The Kier molecular flexibility index (Phi) is 5.40. The number of aromatic nitrogens is 1. The first-order chi connectivity index (χ1) is 10.2. The first-order valence-corrected chi connectivity index (χ1v) is 6.93. The molecule has 1 aromatic carbocycles. The van der Waals surface area contributed by atoms with Gasteiger partial charge in [0.2, 0.25) is 11.8 Å². The number of hydrogen-bond acceptors (Lipinski definition) is 4. The summed E-state index contributed by atoms with van der Waals surface area (Å²) in [6.07, 6.45) is 1.62. The SMILES string of the molecule is CCOc1ccc(NCC(=O)Nc2cccc(Cl)c2)cn1. The molecule has 2 aromatic rings. The number of amides is 1. The quantitative estimate of drug-likeness (QED) is 0.860. The molecule has 1 heterocycles. The Morgan fingerprint density at radius 2 is 2.14 bits per heavy atom. The number of halogens is 1. The Morgan fingerprint density at radius 3 is 2.81 bits per heavy atom. The van der Waals surface area contributed by atoms with Gasteiger partial charge in [0, 0.05) is 16.8 Å². The summed E-state index contributed by atoms with van der Waals surface area (Å²) in [4.78, 5) is 15.9. The molecule has 0 saturated heterocycles. The molecule has 2 N–H and O–H groups in total. The molecule has 0 bridgehead atoms. The van der Waals surface area contributed by atoms with Crippen molar-refractivity contribution in [2.75, 3.05) is 23.8 Å². The predicted octanol–water partition coefficient (Wildman–Crippen LogP) is 3.18. The van der Waals surface area contributed by atoms with Crippen molar-refractivity contribution < 1.29 is 9.53 Å². The van der Waals surface area contributed by atoms with E-state index in [0.29, 0.717) is 23.2 Å². The smallest absolute Gasteiger partial charge is 0.243 e. The van der Waals surface area contributed by atoms with Crippen LogP contribution in [0.2, 0.25) is 5.02 Å². The normalized spacial score (nSPS) is 10.0. The molecule has 0 unspecified atom stereocenters. The van der Waals surface area contributed by atoms with Crippen LogP contribution in [0, 0.1) is 0 Å². The number of nitrogens with one attached hydrogen (secondary N) is 2. The van der Waals surface area contributed by atoms with Gasteiger partial charge in [0.15, 0.2) is 0 Å². The van der Waals surface area contributed by atoms with Crippen LogP contribution < -0.4 is 15.4 Å². The number of nitrogens with zero attached hydrogens (tertiary/aromatic N) is 1. The van der Waals surface area contributed by atoms with Gasteiger partial charge in [-0.15, -0.1) is 0 Å². The maximum absolute atomic E-state index is 11.8. The zero-order chi connectivity index (χ0) is 15.1. The number of anilines is 2. The van der Waals surface area contributed by atoms with E-state index in [2.05, 4.69) is 15.6 Å². The summed E-state index contributed by atoms with van der Waals surface area (Å²) in [5.41, 5.74) is 1.42. The molecule has 110 valence electrons. The summed E-state index contributed by atoms with van der Waals surface area (Å²) < 4.78 is 5.25. The lowest BCUT2D eigenvalue weighted by molar-refractivity contribution is -0.114. The third-order valence-corrected chi connectivity index (χ3v) is 2.83. The van der Waals surface area contributed by atoms with Crippen LogP contribution in [0.15, 0.2) is 42.6 Å². The summed E-state index contributed by atoms with van der Waals surface area (Å²) >= 11 is 5.85. The number of carbonyl (C=O) groups excluding carboxylic acids is 1. The van der Waals surface area contributed by atoms with Gasteiger partial charge in [0.25, 0.3) is 0 Å². The van der Waals surface area contributed by atoms with E-state index in [1.165, 1.54) is 0 Å². The van der Waals surface area contributed by atoms with E-state index < -0.39 is 0 Å². The van der Waals surface area contributed by atoms with Crippen molar-refractivity contribution >= 4 is 28.9 Å². The second-order valence-corrected chi connectivity index (χ2v) is 4.67. The minimum Gasteiger partial charge on any atom is -0.478 e. The Balaban J connectivity index is 1.83. The van der Waals surface area contributed by atoms with Crippen LogP contribution in [-0.2, 0) is 4.79 Å². The highest BCUT2D eigenvalue weighted by Gasteiger charge is 2.03. The summed E-state index contributed by atoms with van der Waals surface area (Å²) in [6.45, 7) is 2.61. The molecule has 0 aliphatic heterocycles. The zero-order valence-electron chi connectivity index (χ0n) is 11.6. The third kappa shape index (κ3) is 4.96. The van der Waals surface area contributed by atoms with Crippen molar-refractivity contribution in [1.29, 1.82) is 0 Å². The maximum atomic E-state index is 11.8. The molecule has 0 radical (unpaired) electrons. The Labute approximate surface area is 128 Å². The van der Waals surface area contributed by atoms with Gasteiger partial charge in [-0.1, -0.05) is 17.7 Å². The maximum Gasteiger partial charge on any atom is 0.243 e. The summed E-state index contributed by atoms with van der Waals surface area (Å²) in [6, 6.07) is 10.6. The topological polar surface area (TPSA) is 63.2 Å². The van der Waals surface area contributed by atoms with Crippen LogP contribution >= 0.6 is 11.6 Å². The lowest BCUT2D eigenvalue weighted by Crippen LogP contribution is -2.21. The number of rotatable bonds is 6. The lowest BCUT2D eigenvalue weighted by Gasteiger charge is -2.08. The second-order valence-electron chi connectivity index (χ2n) is 4.23. The number of benzene rings is 1. The lowest BCUT2D eigenvalue weighted by atomic mass is 10.3. The molecule has 21 heavy (non-hydrogen) atoms. The van der Waals surface area contributed by atoms with E-state index in [-0.39, 0.29) is 12.5 Å². The fourth-order valence-corrected chi connectivity index (χ4v) is 1.86. The second kappa shape index (κ2) is 7.50. The molecule has 0 saturated carbocycles. The van der Waals surface area contributed by atoms with E-state index in [1.807, 2.05) is 13.0 Å². The first-order valence-electron chi connectivity index (χ1n) is 6.55. The minimum absolute atomic E-state index is 0.141. The molecule has 0 aliphatic rings. The molecule has 0 fully saturated rings. The number of hydrogen-bond donors (Lipinski definition) is 2. The standard InChI is InChI=1S/C15H16ClN3O2/c1-2-21-15-7-6-13(9-18-15)17-10-14(20)19-12-5-3-4-11(16)8-12/h3-9,17H,2,10H2,1H3,(H,19,20). The fourth-order valence-electron chi connectivity index (χ4n) is 1.67. The van der Waals surface area contributed by atoms with Gasteiger partial charge < -0.3 is 15.4 Å². The highest BCUT2D eigenvalue weighted by molar-refractivity contribution is 6.30. The van der Waals surface area contributed by atoms with Crippen molar-refractivity contribution in [1.82, 2.24) is 4.98 Å². The number of pyridine rings is 1. The van der Waals surface area contributed by atoms with Crippen LogP contribution in [-0.4, -0.2) is 24.0 Å². The molecule has 6 heteroatoms. The highest BCUT2D eigenvalue weighted by Crippen LogP contribution is 2.15. The van der Waals surface area contributed by atoms with Crippen molar-refractivity contribution in [3.8, 4) is 5.88 Å². The molecule has 0 spiro atoms. The Morgan fingerprint density at radius 1 is 1.29 bits per heavy atom. The van der Waals surface area contributed by atoms with E-state index in [0.717, 1.165) is 5.69 Å². The molecular weight excluding hydrogens is 290 g/mol. The van der Waals surface area contributed by atoms with Gasteiger partial charge in [0.1, 0.15) is 0 Å². The van der Waals surface area contributed by atoms with Gasteiger partial charge >= 0.3 is 0 Å². The molecule has 1 aromatic heterocycles. The fraction of sp³-hybridized carbons (Fsp3) is 0.200. The predicted molar refractivity (Wildman–Crippen MR) is 84.0 cm³/mol. The van der Waals surface area contributed by atoms with Crippen molar-refractivity contribution in [2.45, 2.75) is 6.92 Å². The Hall–Kier alpha value is -2.27. The van der Waals surface area contributed by atoms with Crippen LogP contribution in [0.25, 0.3) is 0 Å². The van der Waals surface area contributed by atoms with Crippen molar-refractivity contribution in [3.05, 3.63) is 47.6 Å². The highest BCUT2D eigenvalue weighted by atomic mass is 35.5. The molecule has 5 nitrogen and oxygen atoms in total. The van der Waals surface area contributed by atoms with Gasteiger partial charge in [-0.05, 0) is 31.2 Å². The monoisotopic (exact) mass is 305 g/mol. The van der Waals surface area contributed by atoms with Crippen LogP contribution in [0.3, 0.4) is 0 Å². The molecule has 2 rings (SSSR count). The summed E-state index contributed by atoms with van der Waals surface area (Å²) in [5.74, 6) is 0.401. The molecule has 0 atom stereocenters. The van der Waals surface area contributed by atoms with Crippen LogP contribution in [0.5, 0.6) is 5.88 Å². The Bertz CT molecular complexity index is 602. The van der Waals surface area contributed by atoms with Gasteiger partial charge in [-0.2, -0.15) is 0 Å². The first kappa shape index (κ1) is 15.1. The average molecular weight is 306 g/mol. The van der Waals surface area contributed by atoms with E-state index in [4.69, 9.17) is 16.3 Å². The zero-order valence-corrected chi connectivity index (χ0v) is 12.4. The number of carbonyl (C=O) groups is 1. The summed E-state index contributed by atoms with van der Waals surface area (Å²) in [7, 11) is 0. The van der Waals surface area contributed by atoms with Gasteiger partial charge in [-0.25, -0.2) is 4.98 Å². The van der Waals surface area contributed by atoms with Crippen molar-refractivity contribution in [2.24, 2.45) is 0 Å². The third-order valence-electron chi connectivity index (χ3n) is 2.59. The average Bonchev–Trinajstić information content (AvgIpc) is 2.47. The van der Waals surface area contributed by atoms with E-state index in [1.54, 1.807) is 36.5 Å².